The molecule has 178 valence electrons. The molecule has 1 aliphatic carbocycles. The number of carbonyl (C=O) groups is 2. The lowest BCUT2D eigenvalue weighted by atomic mass is 9.92. The molecule has 4 rings (SSSR count). The predicted molar refractivity (Wildman–Crippen MR) is 119 cm³/mol. The maximum absolute atomic E-state index is 14.2. The van der Waals surface area contributed by atoms with Crippen LogP contribution in [0.4, 0.5) is 19.3 Å². The molecule has 1 heterocycles. The van der Waals surface area contributed by atoms with E-state index in [0.29, 0.717) is 39.0 Å². The number of hydrogen-bond donors (Lipinski definition) is 1. The molecular formula is C23H23F2N5O4. The number of aromatic carboxylic acids is 1. The molecule has 9 nitrogen and oxygen atoms in total. The number of carboxylic acids is 1. The maximum Gasteiger partial charge on any atom is 0.377 e. The molecule has 0 unspecified atom stereocenters. The summed E-state index contributed by atoms with van der Waals surface area (Å²) in [6.45, 7) is 3.26. The lowest BCUT2D eigenvalue weighted by Gasteiger charge is -2.35. The van der Waals surface area contributed by atoms with Crippen molar-refractivity contribution in [3.8, 4) is 5.69 Å². The molecule has 1 aliphatic rings. The summed E-state index contributed by atoms with van der Waals surface area (Å²) in [5, 5.41) is 16.8. The van der Waals surface area contributed by atoms with E-state index in [9.17, 15) is 28.3 Å². The fourth-order valence-corrected chi connectivity index (χ4v) is 4.52. The van der Waals surface area contributed by atoms with E-state index in [4.69, 9.17) is 0 Å². The van der Waals surface area contributed by atoms with E-state index >= 15 is 0 Å². The lowest BCUT2D eigenvalue weighted by Crippen LogP contribution is -2.48. The number of para-hydroxylation sites is 1. The molecule has 0 spiro atoms. The lowest BCUT2D eigenvalue weighted by molar-refractivity contribution is 0.0695. The van der Waals surface area contributed by atoms with Crippen molar-refractivity contribution in [2.45, 2.75) is 52.0 Å². The molecule has 1 amide bonds. The highest BCUT2D eigenvalue weighted by Gasteiger charge is 2.33. The first-order valence-corrected chi connectivity index (χ1v) is 10.9. The molecule has 2 aromatic carbocycles. The highest BCUT2D eigenvalue weighted by molar-refractivity contribution is 5.98. The van der Waals surface area contributed by atoms with Gasteiger partial charge < -0.3 is 5.11 Å². The van der Waals surface area contributed by atoms with Gasteiger partial charge in [0.25, 0.3) is 0 Å². The highest BCUT2D eigenvalue weighted by atomic mass is 19.1. The number of benzene rings is 2. The molecule has 1 fully saturated rings. The summed E-state index contributed by atoms with van der Waals surface area (Å²) in [6.07, 6.45) is 3.99. The molecule has 0 atom stereocenters. The molecule has 3 aromatic rings. The van der Waals surface area contributed by atoms with Crippen molar-refractivity contribution in [3.05, 3.63) is 69.1 Å². The van der Waals surface area contributed by atoms with E-state index in [1.165, 1.54) is 4.90 Å². The van der Waals surface area contributed by atoms with Crippen LogP contribution in [0.3, 0.4) is 0 Å². The van der Waals surface area contributed by atoms with Gasteiger partial charge in [-0.15, -0.1) is 4.68 Å². The fraction of sp³-hybridized carbons (Fsp3) is 0.348. The van der Waals surface area contributed by atoms with E-state index in [0.717, 1.165) is 37.5 Å². The Kier molecular flexibility index (Phi) is 6.27. The number of hydrogen-bond acceptors (Lipinski definition) is 5. The third-order valence-corrected chi connectivity index (χ3v) is 6.18. The normalized spacial score (nSPS) is 14.2. The second-order valence-corrected chi connectivity index (χ2v) is 8.31. The summed E-state index contributed by atoms with van der Waals surface area (Å²) in [5.74, 6) is -3.21. The van der Waals surface area contributed by atoms with Crippen molar-refractivity contribution in [1.29, 1.82) is 0 Å². The van der Waals surface area contributed by atoms with E-state index < -0.39 is 35.0 Å². The van der Waals surface area contributed by atoms with Gasteiger partial charge in [-0.05, 0) is 66.4 Å². The van der Waals surface area contributed by atoms with Crippen LogP contribution < -0.4 is 10.6 Å². The van der Waals surface area contributed by atoms with Crippen molar-refractivity contribution in [1.82, 2.24) is 19.8 Å². The number of amides is 1. The SMILES string of the molecule is Cc1ccc(N(C(=O)n2nnn(-c3c(F)cccc3F)c2=O)C2CCCCC2)c(C)c1C(=O)O. The van der Waals surface area contributed by atoms with Crippen molar-refractivity contribution in [2.75, 3.05) is 4.90 Å². The van der Waals surface area contributed by atoms with E-state index in [1.807, 2.05) is 0 Å². The van der Waals surface area contributed by atoms with Gasteiger partial charge in [-0.1, -0.05) is 31.4 Å². The molecule has 11 heteroatoms. The zero-order chi connectivity index (χ0) is 24.6. The number of nitrogens with zero attached hydrogens (tertiary/aromatic N) is 5. The topological polar surface area (TPSA) is 110 Å². The second kappa shape index (κ2) is 9.16. The number of aromatic nitrogens is 4. The van der Waals surface area contributed by atoms with Gasteiger partial charge in [0.1, 0.15) is 5.69 Å². The molecule has 1 aromatic heterocycles. The number of carboxylic acid groups (broad SMARTS) is 1. The molecule has 34 heavy (non-hydrogen) atoms. The molecule has 0 bridgehead atoms. The highest BCUT2D eigenvalue weighted by Crippen LogP contribution is 2.32. The first kappa shape index (κ1) is 23.3. The van der Waals surface area contributed by atoms with Gasteiger partial charge in [-0.2, -0.15) is 4.68 Å². The van der Waals surface area contributed by atoms with Crippen LogP contribution in [-0.2, 0) is 0 Å². The molecule has 1 N–H and O–H groups in total. The Hall–Kier alpha value is -3.89. The van der Waals surface area contributed by atoms with Crippen LogP contribution in [0.15, 0.2) is 35.1 Å². The zero-order valence-corrected chi connectivity index (χ0v) is 18.7. The number of rotatable bonds is 4. The van der Waals surface area contributed by atoms with Gasteiger partial charge in [0.15, 0.2) is 11.6 Å². The Morgan fingerprint density at radius 1 is 1.03 bits per heavy atom. The molecule has 0 radical (unpaired) electrons. The summed E-state index contributed by atoms with van der Waals surface area (Å²) in [4.78, 5) is 39.8. The van der Waals surface area contributed by atoms with Crippen molar-refractivity contribution >= 4 is 17.7 Å². The van der Waals surface area contributed by atoms with E-state index in [2.05, 4.69) is 10.4 Å². The average molecular weight is 471 g/mol. The molecule has 1 saturated carbocycles. The minimum atomic E-state index is -1.14. The second-order valence-electron chi connectivity index (χ2n) is 8.31. The summed E-state index contributed by atoms with van der Waals surface area (Å²) >= 11 is 0. The molecule has 0 saturated heterocycles. The number of halogens is 2. The third-order valence-electron chi connectivity index (χ3n) is 6.18. The fourth-order valence-electron chi connectivity index (χ4n) is 4.52. The Morgan fingerprint density at radius 3 is 2.29 bits per heavy atom. The van der Waals surface area contributed by atoms with E-state index in [1.54, 1.807) is 26.0 Å². The van der Waals surface area contributed by atoms with Gasteiger partial charge in [-0.25, -0.2) is 23.2 Å². The summed E-state index contributed by atoms with van der Waals surface area (Å²) in [6, 6.07) is 5.11. The quantitative estimate of drug-likeness (QED) is 0.579. The van der Waals surface area contributed by atoms with Gasteiger partial charge in [-0.3, -0.25) is 4.90 Å². The number of anilines is 1. The van der Waals surface area contributed by atoms with Crippen molar-refractivity contribution in [3.63, 3.8) is 0 Å². The van der Waals surface area contributed by atoms with Crippen LogP contribution in [-0.4, -0.2) is 42.9 Å². The van der Waals surface area contributed by atoms with Crippen LogP contribution in [0.1, 0.15) is 53.6 Å². The standard InChI is InChI=1S/C23H23F2N5O4/c1-13-11-12-18(14(2)19(13)21(31)32)28(15-7-4-3-5-8-15)22(33)30-23(34)29(26-27-30)20-16(24)9-6-10-17(20)25/h6,9-12,15H,3-5,7-8H2,1-2H3,(H,31,32). The van der Waals surface area contributed by atoms with Crippen LogP contribution in [0.25, 0.3) is 5.69 Å². The van der Waals surface area contributed by atoms with Gasteiger partial charge in [0.05, 0.1) is 5.56 Å². The van der Waals surface area contributed by atoms with Crippen molar-refractivity contribution < 1.29 is 23.5 Å². The van der Waals surface area contributed by atoms with Crippen LogP contribution in [0, 0.1) is 25.5 Å². The smallest absolute Gasteiger partial charge is 0.377 e. The van der Waals surface area contributed by atoms with Gasteiger partial charge in [0, 0.05) is 11.7 Å². The van der Waals surface area contributed by atoms with Gasteiger partial charge >= 0.3 is 17.7 Å². The predicted octanol–water partition coefficient (Wildman–Crippen LogP) is 3.83. The summed E-state index contributed by atoms with van der Waals surface area (Å²) < 4.78 is 29.3. The summed E-state index contributed by atoms with van der Waals surface area (Å²) in [5.41, 5.74) is -0.586. The largest absolute Gasteiger partial charge is 0.478 e. The van der Waals surface area contributed by atoms with Crippen LogP contribution in [0.5, 0.6) is 0 Å². The number of aryl methyl sites for hydroxylation is 1. The molecule has 0 aliphatic heterocycles. The van der Waals surface area contributed by atoms with E-state index in [-0.39, 0.29) is 11.6 Å². The maximum atomic E-state index is 14.2. The Morgan fingerprint density at radius 2 is 1.68 bits per heavy atom. The van der Waals surface area contributed by atoms with Gasteiger partial charge in [0.2, 0.25) is 0 Å². The average Bonchev–Trinajstić information content (AvgIpc) is 3.17. The third kappa shape index (κ3) is 3.97. The van der Waals surface area contributed by atoms with Crippen molar-refractivity contribution in [2.24, 2.45) is 0 Å². The minimum absolute atomic E-state index is 0.0653. The van der Waals surface area contributed by atoms with Crippen LogP contribution >= 0.6 is 0 Å². The monoisotopic (exact) mass is 471 g/mol. The number of carbonyl (C=O) groups excluding carboxylic acids is 1. The zero-order valence-electron chi connectivity index (χ0n) is 18.7. The summed E-state index contributed by atoms with van der Waals surface area (Å²) in [7, 11) is 0. The Bertz CT molecular complexity index is 1310. The Balaban J connectivity index is 1.85. The first-order chi connectivity index (χ1) is 16.2. The first-order valence-electron chi connectivity index (χ1n) is 10.9. The minimum Gasteiger partial charge on any atom is -0.478 e. The van der Waals surface area contributed by atoms with Crippen LogP contribution in [0.2, 0.25) is 0 Å². The Labute approximate surface area is 193 Å². The molecular weight excluding hydrogens is 448 g/mol. The number of tetrazole rings is 1.